The van der Waals surface area contributed by atoms with E-state index in [1.165, 1.54) is 17.9 Å². The van der Waals surface area contributed by atoms with Gasteiger partial charge in [0.25, 0.3) is 0 Å². The predicted molar refractivity (Wildman–Crippen MR) is 88.0 cm³/mol. The average molecular weight is 386 g/mol. The van der Waals surface area contributed by atoms with Crippen molar-refractivity contribution in [2.24, 2.45) is 5.73 Å². The van der Waals surface area contributed by atoms with Crippen LogP contribution in [0.3, 0.4) is 0 Å². The number of alkyl halides is 3. The number of hydrogen-bond acceptors (Lipinski definition) is 5. The third-order valence-corrected chi connectivity index (χ3v) is 4.98. The lowest BCUT2D eigenvalue weighted by molar-refractivity contribution is -0.138. The van der Waals surface area contributed by atoms with Crippen molar-refractivity contribution in [3.05, 3.63) is 22.9 Å². The van der Waals surface area contributed by atoms with E-state index in [9.17, 15) is 22.8 Å². The molecule has 10 heteroatoms. The Balaban J connectivity index is 2.21. The Hall–Kier alpha value is -2.28. The number of nitrogens with two attached hydrogens (primary N) is 1. The second-order valence-corrected chi connectivity index (χ2v) is 6.85. The molecule has 2 rings (SSSR count). The van der Waals surface area contributed by atoms with Crippen LogP contribution in [0.15, 0.2) is 11.1 Å². The van der Waals surface area contributed by atoms with Crippen molar-refractivity contribution in [3.63, 3.8) is 0 Å². The Kier molecular flexibility index (Phi) is 6.13. The SMILES string of the molecule is Cc1cc(C(F)(F)F)c(C#N)c(SCC(=O)N2CCCCC2C(N)=O)n1. The molecule has 1 atom stereocenters. The van der Waals surface area contributed by atoms with E-state index in [0.29, 0.717) is 13.0 Å². The number of aromatic nitrogens is 1. The van der Waals surface area contributed by atoms with Gasteiger partial charge in [-0.25, -0.2) is 4.98 Å². The van der Waals surface area contributed by atoms with Gasteiger partial charge in [0, 0.05) is 12.2 Å². The molecule has 0 radical (unpaired) electrons. The Labute approximate surface area is 152 Å². The van der Waals surface area contributed by atoms with Crippen molar-refractivity contribution in [1.82, 2.24) is 9.88 Å². The van der Waals surface area contributed by atoms with E-state index in [1.54, 1.807) is 0 Å². The van der Waals surface area contributed by atoms with E-state index < -0.39 is 35.2 Å². The largest absolute Gasteiger partial charge is 0.417 e. The minimum atomic E-state index is -4.69. The van der Waals surface area contributed by atoms with Gasteiger partial charge >= 0.3 is 6.18 Å². The topological polar surface area (TPSA) is 100 Å². The number of hydrogen-bond donors (Lipinski definition) is 1. The zero-order chi connectivity index (χ0) is 19.5. The number of amides is 2. The van der Waals surface area contributed by atoms with E-state index >= 15 is 0 Å². The summed E-state index contributed by atoms with van der Waals surface area (Å²) in [5, 5.41) is 8.97. The molecule has 0 saturated carbocycles. The quantitative estimate of drug-likeness (QED) is 0.800. The highest BCUT2D eigenvalue weighted by Gasteiger charge is 2.36. The Morgan fingerprint density at radius 1 is 1.46 bits per heavy atom. The second-order valence-electron chi connectivity index (χ2n) is 5.89. The van der Waals surface area contributed by atoms with Crippen LogP contribution < -0.4 is 5.73 Å². The predicted octanol–water partition coefficient (Wildman–Crippen LogP) is 2.24. The summed E-state index contributed by atoms with van der Waals surface area (Å²) in [6.45, 7) is 1.75. The summed E-state index contributed by atoms with van der Waals surface area (Å²) < 4.78 is 39.3. The lowest BCUT2D eigenvalue weighted by Crippen LogP contribution is -2.51. The van der Waals surface area contributed by atoms with Crippen molar-refractivity contribution < 1.29 is 22.8 Å². The molecule has 0 aromatic carbocycles. The molecule has 26 heavy (non-hydrogen) atoms. The molecule has 2 N–H and O–H groups in total. The molecule has 1 aliphatic heterocycles. The number of halogens is 3. The number of rotatable bonds is 4. The van der Waals surface area contributed by atoms with Gasteiger partial charge in [-0.1, -0.05) is 11.8 Å². The maximum Gasteiger partial charge on any atom is 0.417 e. The van der Waals surface area contributed by atoms with Crippen molar-refractivity contribution in [3.8, 4) is 6.07 Å². The molecule has 0 bridgehead atoms. The zero-order valence-electron chi connectivity index (χ0n) is 14.0. The number of likely N-dealkylation sites (tertiary alicyclic amines) is 1. The number of pyridine rings is 1. The standard InChI is InChI=1S/C16H17F3N4O2S/c1-9-6-11(16(17,18)19)10(7-20)15(22-9)26-8-13(24)23-5-3-2-4-12(23)14(21)25/h6,12H,2-5,8H2,1H3,(H2,21,25). The molecular weight excluding hydrogens is 369 g/mol. The molecule has 1 aliphatic rings. The summed E-state index contributed by atoms with van der Waals surface area (Å²) in [5.41, 5.74) is 3.73. The summed E-state index contributed by atoms with van der Waals surface area (Å²) in [7, 11) is 0. The molecule has 140 valence electrons. The van der Waals surface area contributed by atoms with Crippen LogP contribution in [0.2, 0.25) is 0 Å². The first-order valence-electron chi connectivity index (χ1n) is 7.85. The maximum absolute atomic E-state index is 13.1. The number of primary amides is 1. The average Bonchev–Trinajstić information content (AvgIpc) is 2.58. The highest BCUT2D eigenvalue weighted by Crippen LogP contribution is 2.36. The van der Waals surface area contributed by atoms with Crippen LogP contribution >= 0.6 is 11.8 Å². The van der Waals surface area contributed by atoms with Gasteiger partial charge in [0.05, 0.1) is 16.9 Å². The third kappa shape index (κ3) is 4.46. The molecule has 6 nitrogen and oxygen atoms in total. The van der Waals surface area contributed by atoms with Gasteiger partial charge in [0.2, 0.25) is 11.8 Å². The van der Waals surface area contributed by atoms with Crippen LogP contribution in [-0.4, -0.2) is 40.0 Å². The zero-order valence-corrected chi connectivity index (χ0v) is 14.8. The number of aryl methyl sites for hydroxylation is 1. The highest BCUT2D eigenvalue weighted by atomic mass is 32.2. The summed E-state index contributed by atoms with van der Waals surface area (Å²) in [6, 6.07) is 1.62. The minimum absolute atomic E-state index is 0.0965. The van der Waals surface area contributed by atoms with Crippen LogP contribution in [0.25, 0.3) is 0 Å². The van der Waals surface area contributed by atoms with Gasteiger partial charge in [0.1, 0.15) is 17.1 Å². The highest BCUT2D eigenvalue weighted by molar-refractivity contribution is 8.00. The van der Waals surface area contributed by atoms with E-state index in [-0.39, 0.29) is 16.5 Å². The summed E-state index contributed by atoms with van der Waals surface area (Å²) >= 11 is 0.755. The van der Waals surface area contributed by atoms with E-state index in [1.807, 2.05) is 0 Å². The van der Waals surface area contributed by atoms with Crippen LogP contribution in [0.4, 0.5) is 13.2 Å². The van der Waals surface area contributed by atoms with Crippen molar-refractivity contribution in [1.29, 1.82) is 5.26 Å². The Morgan fingerprint density at radius 2 is 2.15 bits per heavy atom. The Morgan fingerprint density at radius 3 is 2.73 bits per heavy atom. The fraction of sp³-hybridized carbons (Fsp3) is 0.500. The van der Waals surface area contributed by atoms with Gasteiger partial charge in [-0.05, 0) is 32.3 Å². The fourth-order valence-corrected chi connectivity index (χ4v) is 3.75. The lowest BCUT2D eigenvalue weighted by Gasteiger charge is -2.33. The monoisotopic (exact) mass is 386 g/mol. The molecule has 1 aromatic heterocycles. The number of nitrogens with zero attached hydrogens (tertiary/aromatic N) is 3. The van der Waals surface area contributed by atoms with E-state index in [0.717, 1.165) is 30.7 Å². The Bertz CT molecular complexity index is 761. The molecule has 1 fully saturated rings. The molecule has 2 heterocycles. The summed E-state index contributed by atoms with van der Waals surface area (Å²) in [6.07, 6.45) is -2.72. The van der Waals surface area contributed by atoms with Crippen molar-refractivity contribution in [2.45, 2.75) is 43.4 Å². The molecule has 1 saturated heterocycles. The number of carbonyl (C=O) groups is 2. The van der Waals surface area contributed by atoms with Gasteiger partial charge in [-0.15, -0.1) is 0 Å². The minimum Gasteiger partial charge on any atom is -0.368 e. The van der Waals surface area contributed by atoms with E-state index in [2.05, 4.69) is 4.98 Å². The molecule has 2 amide bonds. The number of thioether (sulfide) groups is 1. The van der Waals surface area contributed by atoms with Crippen LogP contribution in [-0.2, 0) is 15.8 Å². The van der Waals surface area contributed by atoms with Crippen molar-refractivity contribution >= 4 is 23.6 Å². The first-order chi connectivity index (χ1) is 12.1. The van der Waals surface area contributed by atoms with Crippen LogP contribution in [0, 0.1) is 18.3 Å². The van der Waals surface area contributed by atoms with E-state index in [4.69, 9.17) is 11.0 Å². The lowest BCUT2D eigenvalue weighted by atomic mass is 10.0. The molecule has 1 unspecified atom stereocenters. The van der Waals surface area contributed by atoms with Crippen LogP contribution in [0.5, 0.6) is 0 Å². The number of carbonyl (C=O) groups excluding carboxylic acids is 2. The number of nitriles is 1. The maximum atomic E-state index is 13.1. The molecule has 1 aromatic rings. The second kappa shape index (κ2) is 7.95. The van der Waals surface area contributed by atoms with Gasteiger partial charge in [-0.2, -0.15) is 18.4 Å². The first kappa shape index (κ1) is 20.0. The molecule has 0 aliphatic carbocycles. The summed E-state index contributed by atoms with van der Waals surface area (Å²) in [4.78, 5) is 29.2. The van der Waals surface area contributed by atoms with Gasteiger partial charge < -0.3 is 10.6 Å². The number of piperidine rings is 1. The summed E-state index contributed by atoms with van der Waals surface area (Å²) in [5.74, 6) is -1.25. The smallest absolute Gasteiger partial charge is 0.368 e. The van der Waals surface area contributed by atoms with Crippen molar-refractivity contribution in [2.75, 3.05) is 12.3 Å². The van der Waals surface area contributed by atoms with Gasteiger partial charge in [0.15, 0.2) is 0 Å². The fourth-order valence-electron chi connectivity index (χ4n) is 2.82. The van der Waals surface area contributed by atoms with Gasteiger partial charge in [-0.3, -0.25) is 9.59 Å². The first-order valence-corrected chi connectivity index (χ1v) is 8.84. The third-order valence-electron chi connectivity index (χ3n) is 4.02. The normalized spacial score (nSPS) is 17.7. The van der Waals surface area contributed by atoms with Crippen LogP contribution in [0.1, 0.15) is 36.1 Å². The molecular formula is C16H17F3N4O2S. The molecule has 0 spiro atoms.